The molecule has 1 unspecified atom stereocenters. The number of fused-ring (bicyclic) bond motifs is 4. The lowest BCUT2D eigenvalue weighted by Crippen LogP contribution is -2.57. The summed E-state index contributed by atoms with van der Waals surface area (Å²) >= 11 is 0. The molecule has 0 aliphatic carbocycles. The fraction of sp³-hybridized carbons (Fsp3) is 0.444. The number of rotatable bonds is 6. The lowest BCUT2D eigenvalue weighted by Gasteiger charge is -2.44. The maximum atomic E-state index is 13.1. The van der Waals surface area contributed by atoms with E-state index in [-0.39, 0.29) is 24.5 Å². The Labute approximate surface area is 210 Å². The molecule has 4 saturated heterocycles. The number of hydrogen-bond acceptors (Lipinski definition) is 6. The van der Waals surface area contributed by atoms with Crippen molar-refractivity contribution in [3.8, 4) is 0 Å². The number of piperidine rings is 3. The number of aromatic nitrogens is 2. The zero-order valence-electron chi connectivity index (χ0n) is 20.3. The molecule has 4 fully saturated rings. The van der Waals surface area contributed by atoms with Crippen molar-refractivity contribution < 1.29 is 19.4 Å². The minimum absolute atomic E-state index is 0.0670. The highest BCUT2D eigenvalue weighted by atomic mass is 16.5. The number of hydrogen-bond donors (Lipinski definition) is 3. The average Bonchev–Trinajstić information content (AvgIpc) is 3.56. The molecule has 9 nitrogen and oxygen atoms in total. The van der Waals surface area contributed by atoms with Crippen LogP contribution in [0.1, 0.15) is 35.3 Å². The van der Waals surface area contributed by atoms with Gasteiger partial charge in [-0.1, -0.05) is 30.3 Å². The van der Waals surface area contributed by atoms with Crippen LogP contribution in [0.4, 0.5) is 5.69 Å². The normalized spacial score (nSPS) is 24.8. The Morgan fingerprint density at radius 2 is 1.89 bits per heavy atom. The van der Waals surface area contributed by atoms with E-state index in [2.05, 4.69) is 49.6 Å². The average molecular weight is 492 g/mol. The largest absolute Gasteiger partial charge is 0.483 e. The van der Waals surface area contributed by atoms with Gasteiger partial charge in [0.2, 0.25) is 0 Å². The lowest BCUT2D eigenvalue weighted by atomic mass is 9.84. The molecular weight excluding hydrogens is 458 g/mol. The number of nitrogens with one attached hydrogen (secondary N) is 2. The molecule has 4 aliphatic rings. The van der Waals surface area contributed by atoms with E-state index in [9.17, 15) is 4.79 Å². The first-order valence-corrected chi connectivity index (χ1v) is 12.6. The summed E-state index contributed by atoms with van der Waals surface area (Å²) in [7, 11) is 0. The summed E-state index contributed by atoms with van der Waals surface area (Å²) in [5, 5.41) is 18.5. The molecule has 7 rings (SSSR count). The minimum Gasteiger partial charge on any atom is -0.483 e. The third-order valence-corrected chi connectivity index (χ3v) is 7.57. The van der Waals surface area contributed by atoms with Crippen molar-refractivity contribution >= 4 is 29.0 Å². The van der Waals surface area contributed by atoms with E-state index >= 15 is 0 Å². The van der Waals surface area contributed by atoms with Crippen molar-refractivity contribution in [1.29, 1.82) is 0 Å². The van der Waals surface area contributed by atoms with Crippen LogP contribution in [0.15, 0.2) is 48.5 Å². The fourth-order valence-corrected chi connectivity index (χ4v) is 5.62. The molecule has 9 heteroatoms. The van der Waals surface area contributed by atoms with Gasteiger partial charge >= 0.3 is 0 Å². The summed E-state index contributed by atoms with van der Waals surface area (Å²) in [6.45, 7) is 5.49. The summed E-state index contributed by atoms with van der Waals surface area (Å²) in [6, 6.07) is 16.8. The van der Waals surface area contributed by atoms with Crippen molar-refractivity contribution in [2.24, 2.45) is 5.92 Å². The summed E-state index contributed by atoms with van der Waals surface area (Å²) in [4.78, 5) is 26.3. The van der Waals surface area contributed by atoms with E-state index in [1.54, 1.807) is 0 Å². The van der Waals surface area contributed by atoms with Crippen molar-refractivity contribution in [2.45, 2.75) is 38.0 Å². The molecule has 2 aromatic carbocycles. The predicted molar refractivity (Wildman–Crippen MR) is 137 cm³/mol. The standard InChI is InChI=1S/C26H31N5O2.CH2O2/c32-26(27-24-16-30-11-8-19(24)9-12-30)25-22-14-20(6-7-23(22)28-29-25)31-13-10-21(15-31)33-17-18-4-2-1-3-5-18;2-1-3/h1-7,14,19,21,24H,8-13,15-17H2,(H,27,32)(H,28,29);1H,(H,2,3)/t21?,24-;/m1./s1. The van der Waals surface area contributed by atoms with Crippen LogP contribution in [0.3, 0.4) is 0 Å². The second-order valence-corrected chi connectivity index (χ2v) is 9.78. The Morgan fingerprint density at radius 1 is 1.11 bits per heavy atom. The Morgan fingerprint density at radius 3 is 2.61 bits per heavy atom. The topological polar surface area (TPSA) is 111 Å². The number of H-pyrrole nitrogens is 1. The van der Waals surface area contributed by atoms with Crippen LogP contribution in [-0.2, 0) is 16.1 Å². The van der Waals surface area contributed by atoms with Crippen molar-refractivity contribution in [3.63, 3.8) is 0 Å². The molecule has 0 radical (unpaired) electrons. The molecule has 5 heterocycles. The van der Waals surface area contributed by atoms with Gasteiger partial charge in [0.15, 0.2) is 5.69 Å². The molecule has 3 N–H and O–H groups in total. The van der Waals surface area contributed by atoms with Crippen molar-refractivity contribution in [2.75, 3.05) is 37.6 Å². The number of ether oxygens (including phenoxy) is 1. The van der Waals surface area contributed by atoms with E-state index in [4.69, 9.17) is 14.6 Å². The van der Waals surface area contributed by atoms with Crippen LogP contribution in [0.25, 0.3) is 10.9 Å². The van der Waals surface area contributed by atoms with Crippen molar-refractivity contribution in [3.05, 3.63) is 59.8 Å². The summed E-state index contributed by atoms with van der Waals surface area (Å²) < 4.78 is 6.16. The summed E-state index contributed by atoms with van der Waals surface area (Å²) in [5.41, 5.74) is 3.72. The summed E-state index contributed by atoms with van der Waals surface area (Å²) in [5.74, 6) is 0.528. The van der Waals surface area contributed by atoms with Crippen LogP contribution >= 0.6 is 0 Å². The van der Waals surface area contributed by atoms with Crippen LogP contribution in [0.5, 0.6) is 0 Å². The molecule has 4 aliphatic heterocycles. The summed E-state index contributed by atoms with van der Waals surface area (Å²) in [6.07, 6.45) is 3.57. The van der Waals surface area contributed by atoms with Crippen LogP contribution in [0, 0.1) is 5.92 Å². The number of nitrogens with zero attached hydrogens (tertiary/aromatic N) is 3. The van der Waals surface area contributed by atoms with Gasteiger partial charge < -0.3 is 25.0 Å². The minimum atomic E-state index is -0.250. The molecule has 2 bridgehead atoms. The SMILES string of the molecule is O=C(N[C@@H]1CN2CCC1CC2)c1n[nH]c2ccc(N3CCC(OCc4ccccc4)C3)cc12.O=CO. The Kier molecular flexibility index (Phi) is 7.48. The number of anilines is 1. The monoisotopic (exact) mass is 491 g/mol. The first-order chi connectivity index (χ1) is 17.6. The molecule has 0 spiro atoms. The smallest absolute Gasteiger partial charge is 0.290 e. The number of aromatic amines is 1. The van der Waals surface area contributed by atoms with Gasteiger partial charge in [0.1, 0.15) is 0 Å². The first kappa shape index (κ1) is 24.3. The number of carboxylic acid groups (broad SMARTS) is 1. The van der Waals surface area contributed by atoms with E-state index in [0.717, 1.165) is 55.7 Å². The molecule has 1 amide bonds. The second kappa shape index (κ2) is 11.1. The molecule has 190 valence electrons. The van der Waals surface area contributed by atoms with Gasteiger partial charge in [-0.25, -0.2) is 0 Å². The Hall–Kier alpha value is -3.43. The van der Waals surface area contributed by atoms with Gasteiger partial charge in [0.05, 0.1) is 18.2 Å². The van der Waals surface area contributed by atoms with Gasteiger partial charge in [0.25, 0.3) is 12.4 Å². The zero-order chi connectivity index (χ0) is 24.9. The van der Waals surface area contributed by atoms with E-state index in [1.165, 1.54) is 18.4 Å². The molecule has 1 aromatic heterocycles. The number of carbonyl (C=O) groups is 2. The Balaban J connectivity index is 0.000000848. The predicted octanol–water partition coefficient (Wildman–Crippen LogP) is 2.88. The molecule has 0 saturated carbocycles. The zero-order valence-corrected chi connectivity index (χ0v) is 20.3. The second-order valence-electron chi connectivity index (χ2n) is 9.78. The van der Waals surface area contributed by atoms with Crippen LogP contribution in [0.2, 0.25) is 0 Å². The van der Waals surface area contributed by atoms with Crippen molar-refractivity contribution in [1.82, 2.24) is 20.4 Å². The fourth-order valence-electron chi connectivity index (χ4n) is 5.62. The number of benzene rings is 2. The van der Waals surface area contributed by atoms with E-state index < -0.39 is 0 Å². The van der Waals surface area contributed by atoms with E-state index in [0.29, 0.717) is 18.2 Å². The lowest BCUT2D eigenvalue weighted by molar-refractivity contribution is -0.122. The highest BCUT2D eigenvalue weighted by Crippen LogP contribution is 2.29. The number of carbonyl (C=O) groups excluding carboxylic acids is 1. The maximum Gasteiger partial charge on any atom is 0.290 e. The van der Waals surface area contributed by atoms with Gasteiger partial charge in [-0.15, -0.1) is 0 Å². The number of amides is 1. The van der Waals surface area contributed by atoms with Gasteiger partial charge in [-0.05, 0) is 62.0 Å². The highest BCUT2D eigenvalue weighted by Gasteiger charge is 2.35. The van der Waals surface area contributed by atoms with Gasteiger partial charge in [-0.2, -0.15) is 5.10 Å². The van der Waals surface area contributed by atoms with E-state index in [1.807, 2.05) is 24.3 Å². The third kappa shape index (κ3) is 5.37. The van der Waals surface area contributed by atoms with Gasteiger partial charge in [-0.3, -0.25) is 14.7 Å². The Bertz CT molecular complexity index is 1180. The highest BCUT2D eigenvalue weighted by molar-refractivity contribution is 6.05. The van der Waals surface area contributed by atoms with Crippen LogP contribution in [-0.4, -0.2) is 77.5 Å². The molecule has 36 heavy (non-hydrogen) atoms. The quantitative estimate of drug-likeness (QED) is 0.455. The molecular formula is C27H33N5O4. The first-order valence-electron chi connectivity index (χ1n) is 12.6. The third-order valence-electron chi connectivity index (χ3n) is 7.57. The maximum absolute atomic E-state index is 13.1. The van der Waals surface area contributed by atoms with Crippen LogP contribution < -0.4 is 10.2 Å². The molecule has 2 atom stereocenters. The van der Waals surface area contributed by atoms with Gasteiger partial charge in [0, 0.05) is 36.7 Å². The molecule has 3 aromatic rings.